The van der Waals surface area contributed by atoms with Crippen LogP contribution in [-0.2, 0) is 14.3 Å². The Balaban J connectivity index is 1.44. The maximum atomic E-state index is 11.9. The van der Waals surface area contributed by atoms with E-state index >= 15 is 0 Å². The van der Waals surface area contributed by atoms with Crippen LogP contribution in [0.1, 0.15) is 29.9 Å². The molecular formula is C20H19NO4. The maximum absolute atomic E-state index is 11.9. The fourth-order valence-electron chi connectivity index (χ4n) is 3.66. The van der Waals surface area contributed by atoms with Gasteiger partial charge < -0.3 is 14.8 Å². The Labute approximate surface area is 145 Å². The molecule has 1 atom stereocenters. The Kier molecular flexibility index (Phi) is 4.24. The van der Waals surface area contributed by atoms with Gasteiger partial charge in [-0.1, -0.05) is 48.5 Å². The van der Waals surface area contributed by atoms with Crippen molar-refractivity contribution in [2.24, 2.45) is 0 Å². The van der Waals surface area contributed by atoms with E-state index < -0.39 is 18.2 Å². The summed E-state index contributed by atoms with van der Waals surface area (Å²) >= 11 is 0. The molecule has 0 spiro atoms. The van der Waals surface area contributed by atoms with E-state index in [9.17, 15) is 9.59 Å². The average molecular weight is 337 g/mol. The molecule has 4 rings (SSSR count). The van der Waals surface area contributed by atoms with Gasteiger partial charge in [0.1, 0.15) is 12.6 Å². The fourth-order valence-corrected chi connectivity index (χ4v) is 3.66. The van der Waals surface area contributed by atoms with Crippen LogP contribution in [0.2, 0.25) is 0 Å². The summed E-state index contributed by atoms with van der Waals surface area (Å²) in [6.45, 7) is 0.919. The number of rotatable bonds is 3. The van der Waals surface area contributed by atoms with Crippen molar-refractivity contribution in [3.8, 4) is 11.1 Å². The van der Waals surface area contributed by atoms with E-state index in [1.165, 1.54) is 0 Å². The third-order valence-electron chi connectivity index (χ3n) is 4.86. The molecular weight excluding hydrogens is 318 g/mol. The van der Waals surface area contributed by atoms with Crippen LogP contribution in [0.25, 0.3) is 11.1 Å². The van der Waals surface area contributed by atoms with Crippen LogP contribution < -0.4 is 5.32 Å². The van der Waals surface area contributed by atoms with Crippen LogP contribution in [0, 0.1) is 0 Å². The summed E-state index contributed by atoms with van der Waals surface area (Å²) in [6, 6.07) is 15.8. The van der Waals surface area contributed by atoms with Crippen molar-refractivity contribution in [3.63, 3.8) is 0 Å². The maximum Gasteiger partial charge on any atom is 0.516 e. The van der Waals surface area contributed by atoms with Crippen LogP contribution in [0.5, 0.6) is 0 Å². The zero-order valence-electron chi connectivity index (χ0n) is 13.7. The lowest BCUT2D eigenvalue weighted by Crippen LogP contribution is -2.34. The number of benzene rings is 2. The van der Waals surface area contributed by atoms with Crippen LogP contribution in [0.15, 0.2) is 48.5 Å². The number of hydrogen-bond acceptors (Lipinski definition) is 5. The van der Waals surface area contributed by atoms with Crippen LogP contribution in [0.3, 0.4) is 0 Å². The molecule has 1 fully saturated rings. The Hall–Kier alpha value is -2.66. The second-order valence-corrected chi connectivity index (χ2v) is 6.36. The van der Waals surface area contributed by atoms with Gasteiger partial charge in [0.15, 0.2) is 0 Å². The number of fused-ring (bicyclic) bond motifs is 3. The molecule has 0 aromatic heterocycles. The summed E-state index contributed by atoms with van der Waals surface area (Å²) in [7, 11) is 0. The summed E-state index contributed by atoms with van der Waals surface area (Å²) in [6.07, 6.45) is 0.667. The van der Waals surface area contributed by atoms with Crippen molar-refractivity contribution in [1.82, 2.24) is 5.32 Å². The largest absolute Gasteiger partial charge is 0.516 e. The molecule has 1 saturated heterocycles. The van der Waals surface area contributed by atoms with Gasteiger partial charge in [0.05, 0.1) is 0 Å². The summed E-state index contributed by atoms with van der Waals surface area (Å²) < 4.78 is 10.1. The highest BCUT2D eigenvalue weighted by atomic mass is 16.7. The monoisotopic (exact) mass is 337 g/mol. The molecule has 5 nitrogen and oxygen atoms in total. The molecule has 0 radical (unpaired) electrons. The van der Waals surface area contributed by atoms with Gasteiger partial charge in [-0.15, -0.1) is 0 Å². The summed E-state index contributed by atoms with van der Waals surface area (Å²) in [5.41, 5.74) is 4.57. The number of carbonyl (C=O) groups excluding carboxylic acids is 2. The minimum Gasteiger partial charge on any atom is -0.433 e. The van der Waals surface area contributed by atoms with Crippen molar-refractivity contribution in [2.75, 3.05) is 13.2 Å². The lowest BCUT2D eigenvalue weighted by atomic mass is 9.98. The third-order valence-corrected chi connectivity index (χ3v) is 4.86. The van der Waals surface area contributed by atoms with Crippen molar-refractivity contribution in [2.45, 2.75) is 24.8 Å². The van der Waals surface area contributed by atoms with E-state index in [0.717, 1.165) is 35.2 Å². The zero-order valence-corrected chi connectivity index (χ0v) is 13.7. The zero-order chi connectivity index (χ0) is 17.2. The molecule has 1 heterocycles. The Bertz CT molecular complexity index is 765. The molecule has 0 amide bonds. The minimum absolute atomic E-state index is 0.0420. The molecule has 1 aliphatic carbocycles. The molecule has 0 saturated carbocycles. The SMILES string of the molecule is O=C(OCC1c2ccccc2-c2ccccc21)OC(=O)[C@H]1CCCN1. The highest BCUT2D eigenvalue weighted by Crippen LogP contribution is 2.44. The van der Waals surface area contributed by atoms with Gasteiger partial charge in [-0.3, -0.25) is 0 Å². The summed E-state index contributed by atoms with van der Waals surface area (Å²) in [5.74, 6) is -0.602. The van der Waals surface area contributed by atoms with Crippen molar-refractivity contribution in [1.29, 1.82) is 0 Å². The molecule has 0 bridgehead atoms. The number of carbonyl (C=O) groups is 2. The fraction of sp³-hybridized carbons (Fsp3) is 0.300. The highest BCUT2D eigenvalue weighted by molar-refractivity contribution is 5.86. The molecule has 2 aliphatic rings. The van der Waals surface area contributed by atoms with Gasteiger partial charge in [0.2, 0.25) is 0 Å². The van der Waals surface area contributed by atoms with Crippen LogP contribution in [-0.4, -0.2) is 31.3 Å². The van der Waals surface area contributed by atoms with Gasteiger partial charge in [0.25, 0.3) is 0 Å². The predicted octanol–water partition coefficient (Wildman–Crippen LogP) is 3.23. The van der Waals surface area contributed by atoms with E-state index in [-0.39, 0.29) is 12.5 Å². The highest BCUT2D eigenvalue weighted by Gasteiger charge is 2.30. The lowest BCUT2D eigenvalue weighted by Gasteiger charge is -2.14. The first kappa shape index (κ1) is 15.8. The van der Waals surface area contributed by atoms with E-state index in [1.54, 1.807) is 0 Å². The Morgan fingerprint density at radius 3 is 2.24 bits per heavy atom. The first-order chi connectivity index (χ1) is 12.2. The van der Waals surface area contributed by atoms with Crippen molar-refractivity contribution < 1.29 is 19.1 Å². The summed E-state index contributed by atoms with van der Waals surface area (Å²) in [4.78, 5) is 23.8. The van der Waals surface area contributed by atoms with E-state index in [0.29, 0.717) is 6.42 Å². The Morgan fingerprint density at radius 2 is 1.64 bits per heavy atom. The number of hydrogen-bond donors (Lipinski definition) is 1. The second-order valence-electron chi connectivity index (χ2n) is 6.36. The number of nitrogens with one attached hydrogen (secondary N) is 1. The molecule has 5 heteroatoms. The van der Waals surface area contributed by atoms with Crippen LogP contribution in [0.4, 0.5) is 4.79 Å². The standard InChI is InChI=1S/C20H19NO4/c22-19(18-10-5-11-21-18)25-20(23)24-12-17-15-8-3-1-6-13(15)14-7-2-4-9-16(14)17/h1-4,6-9,17-18,21H,5,10-12H2/t18-/m1/s1. The second kappa shape index (κ2) is 6.69. The number of ether oxygens (including phenoxy) is 2. The lowest BCUT2D eigenvalue weighted by molar-refractivity contribution is -0.141. The number of esters is 1. The van der Waals surface area contributed by atoms with E-state index in [2.05, 4.69) is 17.4 Å². The summed E-state index contributed by atoms with van der Waals surface area (Å²) in [5, 5.41) is 3.00. The molecule has 25 heavy (non-hydrogen) atoms. The minimum atomic E-state index is -0.930. The molecule has 2 aromatic carbocycles. The first-order valence-corrected chi connectivity index (χ1v) is 8.54. The van der Waals surface area contributed by atoms with Gasteiger partial charge in [0, 0.05) is 5.92 Å². The molecule has 2 aromatic rings. The van der Waals surface area contributed by atoms with Crippen molar-refractivity contribution in [3.05, 3.63) is 59.7 Å². The van der Waals surface area contributed by atoms with Gasteiger partial charge in [-0.05, 0) is 41.6 Å². The predicted molar refractivity (Wildman–Crippen MR) is 92.2 cm³/mol. The molecule has 1 aliphatic heterocycles. The average Bonchev–Trinajstić information content (AvgIpc) is 3.27. The quantitative estimate of drug-likeness (QED) is 0.688. The van der Waals surface area contributed by atoms with Crippen LogP contribution >= 0.6 is 0 Å². The van der Waals surface area contributed by atoms with Gasteiger partial charge >= 0.3 is 12.1 Å². The third kappa shape index (κ3) is 3.03. The smallest absolute Gasteiger partial charge is 0.433 e. The van der Waals surface area contributed by atoms with Gasteiger partial charge in [-0.25, -0.2) is 9.59 Å². The first-order valence-electron chi connectivity index (χ1n) is 8.54. The topological polar surface area (TPSA) is 64.6 Å². The Morgan fingerprint density at radius 1 is 1.00 bits per heavy atom. The molecule has 1 N–H and O–H groups in total. The van der Waals surface area contributed by atoms with Crippen molar-refractivity contribution >= 4 is 12.1 Å². The normalized spacial score (nSPS) is 18.5. The molecule has 128 valence electrons. The van der Waals surface area contributed by atoms with E-state index in [1.807, 2.05) is 36.4 Å². The van der Waals surface area contributed by atoms with E-state index in [4.69, 9.17) is 9.47 Å². The molecule has 0 unspecified atom stereocenters. The van der Waals surface area contributed by atoms with Gasteiger partial charge in [-0.2, -0.15) is 0 Å².